The van der Waals surface area contributed by atoms with Crippen LogP contribution in [0.15, 0.2) is 41.5 Å². The van der Waals surface area contributed by atoms with Gasteiger partial charge in [-0.05, 0) is 60.7 Å². The first-order chi connectivity index (χ1) is 12.9. The fraction of sp³-hybridized carbons (Fsp3) is 0.333. The number of aromatic hydroxyl groups is 1. The summed E-state index contributed by atoms with van der Waals surface area (Å²) in [5.74, 6) is 1.09. The molecule has 27 heavy (non-hydrogen) atoms. The molecule has 0 radical (unpaired) electrons. The van der Waals surface area contributed by atoms with Crippen LogP contribution >= 0.6 is 0 Å². The summed E-state index contributed by atoms with van der Waals surface area (Å²) in [5.41, 5.74) is 5.26. The van der Waals surface area contributed by atoms with Crippen LogP contribution in [0.3, 0.4) is 0 Å². The highest BCUT2D eigenvalue weighted by molar-refractivity contribution is 5.83. The smallest absolute Gasteiger partial charge is 0.277 e. The maximum atomic E-state index is 12.0. The lowest BCUT2D eigenvalue weighted by atomic mass is 10.0. The van der Waals surface area contributed by atoms with Crippen molar-refractivity contribution in [1.82, 2.24) is 5.43 Å². The number of nitrogens with one attached hydrogen (secondary N) is 1. The monoisotopic (exact) mass is 370 g/mol. The molecule has 0 saturated heterocycles. The molecule has 6 heteroatoms. The Morgan fingerprint density at radius 2 is 1.96 bits per heavy atom. The zero-order valence-electron chi connectivity index (χ0n) is 16.2. The van der Waals surface area contributed by atoms with Crippen LogP contribution in [0, 0.1) is 6.92 Å². The number of hydrogen-bond donors (Lipinski definition) is 2. The van der Waals surface area contributed by atoms with E-state index in [0.717, 1.165) is 11.1 Å². The molecule has 1 amide bonds. The van der Waals surface area contributed by atoms with Gasteiger partial charge in [-0.25, -0.2) is 5.43 Å². The molecule has 6 nitrogen and oxygen atoms in total. The quantitative estimate of drug-likeness (QED) is 0.548. The van der Waals surface area contributed by atoms with Gasteiger partial charge in [0.15, 0.2) is 18.1 Å². The minimum atomic E-state index is -0.355. The Hall–Kier alpha value is -3.02. The number of benzene rings is 2. The predicted molar refractivity (Wildman–Crippen MR) is 106 cm³/mol. The number of phenols is 1. The van der Waals surface area contributed by atoms with Crippen molar-refractivity contribution in [3.8, 4) is 17.2 Å². The van der Waals surface area contributed by atoms with E-state index in [2.05, 4.69) is 24.4 Å². The molecule has 0 aliphatic rings. The van der Waals surface area contributed by atoms with Gasteiger partial charge in [0, 0.05) is 0 Å². The topological polar surface area (TPSA) is 80.2 Å². The molecule has 0 spiro atoms. The molecule has 0 heterocycles. The Balaban J connectivity index is 1.93. The summed E-state index contributed by atoms with van der Waals surface area (Å²) in [6.07, 6.45) is 1.48. The molecule has 2 aromatic carbocycles. The zero-order valence-corrected chi connectivity index (χ0v) is 16.2. The zero-order chi connectivity index (χ0) is 19.8. The van der Waals surface area contributed by atoms with E-state index >= 15 is 0 Å². The minimum Gasteiger partial charge on any atom is -0.504 e. The normalized spacial score (nSPS) is 11.0. The van der Waals surface area contributed by atoms with Gasteiger partial charge >= 0.3 is 0 Å². The minimum absolute atomic E-state index is 0.0607. The van der Waals surface area contributed by atoms with E-state index in [-0.39, 0.29) is 18.3 Å². The summed E-state index contributed by atoms with van der Waals surface area (Å²) in [5, 5.41) is 13.6. The number of hydrazone groups is 1. The van der Waals surface area contributed by atoms with Gasteiger partial charge < -0.3 is 14.6 Å². The van der Waals surface area contributed by atoms with Crippen LogP contribution in [0.2, 0.25) is 0 Å². The summed E-state index contributed by atoms with van der Waals surface area (Å²) in [4.78, 5) is 12.0. The summed E-state index contributed by atoms with van der Waals surface area (Å²) in [7, 11) is 0. The largest absolute Gasteiger partial charge is 0.504 e. The van der Waals surface area contributed by atoms with Crippen molar-refractivity contribution in [2.45, 2.75) is 33.6 Å². The van der Waals surface area contributed by atoms with Crippen molar-refractivity contribution in [2.24, 2.45) is 5.10 Å². The Morgan fingerprint density at radius 1 is 1.19 bits per heavy atom. The van der Waals surface area contributed by atoms with Crippen molar-refractivity contribution in [1.29, 1.82) is 0 Å². The number of aryl methyl sites for hydroxylation is 1. The number of ether oxygens (including phenoxy) is 2. The Bertz CT molecular complexity index is 816. The van der Waals surface area contributed by atoms with Gasteiger partial charge in [-0.2, -0.15) is 5.10 Å². The van der Waals surface area contributed by atoms with Gasteiger partial charge in [-0.3, -0.25) is 4.79 Å². The number of nitrogens with zero attached hydrogens (tertiary/aromatic N) is 1. The molecule has 0 aromatic heterocycles. The second-order valence-electron chi connectivity index (χ2n) is 6.44. The SMILES string of the molecule is CCOc1cc(/C=N/NC(=O)COc2cc(C)ccc2C(C)C)ccc1O. The Kier molecular flexibility index (Phi) is 7.23. The first-order valence-corrected chi connectivity index (χ1v) is 8.91. The number of amides is 1. The second-order valence-corrected chi connectivity index (χ2v) is 6.44. The molecular weight excluding hydrogens is 344 g/mol. The summed E-state index contributed by atoms with van der Waals surface area (Å²) in [6, 6.07) is 10.8. The predicted octanol–water partition coefficient (Wildman–Crippen LogP) is 3.75. The lowest BCUT2D eigenvalue weighted by molar-refractivity contribution is -0.123. The van der Waals surface area contributed by atoms with Crippen molar-refractivity contribution < 1.29 is 19.4 Å². The van der Waals surface area contributed by atoms with Crippen molar-refractivity contribution in [3.63, 3.8) is 0 Å². The van der Waals surface area contributed by atoms with Crippen LogP contribution in [-0.2, 0) is 4.79 Å². The average Bonchev–Trinajstić information content (AvgIpc) is 2.62. The Labute approximate surface area is 159 Å². The van der Waals surface area contributed by atoms with Crippen molar-refractivity contribution in [2.75, 3.05) is 13.2 Å². The third-order valence-corrected chi connectivity index (χ3v) is 3.84. The number of carbonyl (C=O) groups excluding carboxylic acids is 1. The standard InChI is InChI=1S/C21H26N2O4/c1-5-26-20-11-16(7-9-18(20)24)12-22-23-21(25)13-27-19-10-15(4)6-8-17(19)14(2)3/h6-12,14,24H,5,13H2,1-4H3,(H,23,25)/b22-12+. The van der Waals surface area contributed by atoms with Crippen LogP contribution < -0.4 is 14.9 Å². The van der Waals surface area contributed by atoms with E-state index in [1.807, 2.05) is 32.0 Å². The van der Waals surface area contributed by atoms with Crippen LogP contribution in [0.4, 0.5) is 0 Å². The molecule has 0 aliphatic carbocycles. The van der Waals surface area contributed by atoms with E-state index in [1.165, 1.54) is 12.3 Å². The number of hydrogen-bond acceptors (Lipinski definition) is 5. The number of carbonyl (C=O) groups is 1. The number of phenolic OH excluding ortho intramolecular Hbond substituents is 1. The first kappa shape index (κ1) is 20.3. The van der Waals surface area contributed by atoms with Crippen LogP contribution in [0.25, 0.3) is 0 Å². The van der Waals surface area contributed by atoms with Gasteiger partial charge in [0.05, 0.1) is 12.8 Å². The lowest BCUT2D eigenvalue weighted by Crippen LogP contribution is -2.25. The highest BCUT2D eigenvalue weighted by Gasteiger charge is 2.10. The fourth-order valence-corrected chi connectivity index (χ4v) is 2.48. The van der Waals surface area contributed by atoms with Crippen LogP contribution in [0.5, 0.6) is 17.2 Å². The molecule has 2 rings (SSSR count). The fourth-order valence-electron chi connectivity index (χ4n) is 2.48. The van der Waals surface area contributed by atoms with Crippen molar-refractivity contribution in [3.05, 3.63) is 53.1 Å². The molecule has 2 N–H and O–H groups in total. The number of rotatable bonds is 8. The maximum Gasteiger partial charge on any atom is 0.277 e. The lowest BCUT2D eigenvalue weighted by Gasteiger charge is -2.14. The van der Waals surface area contributed by atoms with Gasteiger partial charge in [0.1, 0.15) is 5.75 Å². The molecule has 2 aromatic rings. The molecule has 144 valence electrons. The van der Waals surface area contributed by atoms with Gasteiger partial charge in [-0.1, -0.05) is 26.0 Å². The summed E-state index contributed by atoms with van der Waals surface area (Å²) < 4.78 is 11.0. The summed E-state index contributed by atoms with van der Waals surface area (Å²) in [6.45, 7) is 8.29. The van der Waals surface area contributed by atoms with Gasteiger partial charge in [-0.15, -0.1) is 0 Å². The third-order valence-electron chi connectivity index (χ3n) is 3.84. The molecule has 0 atom stereocenters. The van der Waals surface area contributed by atoms with E-state index in [0.29, 0.717) is 29.6 Å². The molecule has 0 saturated carbocycles. The van der Waals surface area contributed by atoms with Crippen molar-refractivity contribution >= 4 is 12.1 Å². The van der Waals surface area contributed by atoms with Crippen LogP contribution in [0.1, 0.15) is 43.4 Å². The summed E-state index contributed by atoms with van der Waals surface area (Å²) >= 11 is 0. The molecular formula is C21H26N2O4. The van der Waals surface area contributed by atoms with E-state index in [1.54, 1.807) is 12.1 Å². The molecule has 0 aliphatic heterocycles. The molecule has 0 fully saturated rings. The van der Waals surface area contributed by atoms with E-state index in [4.69, 9.17) is 9.47 Å². The second kappa shape index (κ2) is 9.62. The Morgan fingerprint density at radius 3 is 2.67 bits per heavy atom. The first-order valence-electron chi connectivity index (χ1n) is 8.91. The third kappa shape index (κ3) is 6.02. The molecule has 0 bridgehead atoms. The van der Waals surface area contributed by atoms with Gasteiger partial charge in [0.2, 0.25) is 0 Å². The maximum absolute atomic E-state index is 12.0. The van der Waals surface area contributed by atoms with E-state index in [9.17, 15) is 9.90 Å². The average molecular weight is 370 g/mol. The molecule has 0 unspecified atom stereocenters. The highest BCUT2D eigenvalue weighted by atomic mass is 16.5. The van der Waals surface area contributed by atoms with Gasteiger partial charge in [0.25, 0.3) is 5.91 Å². The van der Waals surface area contributed by atoms with Crippen LogP contribution in [-0.4, -0.2) is 30.4 Å². The highest BCUT2D eigenvalue weighted by Crippen LogP contribution is 2.27. The van der Waals surface area contributed by atoms with E-state index < -0.39 is 0 Å².